The van der Waals surface area contributed by atoms with Gasteiger partial charge in [-0.2, -0.15) is 0 Å². The van der Waals surface area contributed by atoms with Crippen molar-refractivity contribution in [3.8, 4) is 0 Å². The van der Waals surface area contributed by atoms with Crippen LogP contribution < -0.4 is 0 Å². The van der Waals surface area contributed by atoms with E-state index >= 15 is 0 Å². The standard InChI is InChI=1S/C12H13O4/c1-3-15-11(13)9-7-5-6-8-10(9)12(14)16-4-2/h5-7H,3-4H2,1-2H3. The number of ether oxygens (including phenoxy) is 2. The summed E-state index contributed by atoms with van der Waals surface area (Å²) in [7, 11) is 0. The molecule has 0 aromatic heterocycles. The zero-order valence-corrected chi connectivity index (χ0v) is 9.28. The van der Waals surface area contributed by atoms with Crippen LogP contribution in [0.3, 0.4) is 0 Å². The highest BCUT2D eigenvalue weighted by atomic mass is 16.5. The number of hydrogen-bond donors (Lipinski definition) is 0. The second kappa shape index (κ2) is 5.90. The summed E-state index contributed by atoms with van der Waals surface area (Å²) < 4.78 is 9.65. The fraction of sp³-hybridized carbons (Fsp3) is 0.333. The van der Waals surface area contributed by atoms with E-state index < -0.39 is 11.9 Å². The molecule has 0 spiro atoms. The van der Waals surface area contributed by atoms with E-state index in [1.54, 1.807) is 26.0 Å². The topological polar surface area (TPSA) is 52.6 Å². The number of hydrogen-bond acceptors (Lipinski definition) is 4. The summed E-state index contributed by atoms with van der Waals surface area (Å²) in [6.45, 7) is 3.92. The Kier molecular flexibility index (Phi) is 4.51. The average molecular weight is 221 g/mol. The van der Waals surface area contributed by atoms with Crippen molar-refractivity contribution >= 4 is 11.9 Å². The zero-order chi connectivity index (χ0) is 12.0. The Morgan fingerprint density at radius 3 is 2.44 bits per heavy atom. The van der Waals surface area contributed by atoms with Gasteiger partial charge in [-0.1, -0.05) is 12.1 Å². The molecular formula is C12H13O4. The van der Waals surface area contributed by atoms with Crippen molar-refractivity contribution in [1.82, 2.24) is 0 Å². The van der Waals surface area contributed by atoms with Crippen LogP contribution in [0.15, 0.2) is 18.2 Å². The van der Waals surface area contributed by atoms with Gasteiger partial charge < -0.3 is 9.47 Å². The Bertz CT molecular complexity index is 347. The van der Waals surface area contributed by atoms with Crippen molar-refractivity contribution in [2.45, 2.75) is 13.8 Å². The molecule has 0 aliphatic carbocycles. The first-order valence-electron chi connectivity index (χ1n) is 5.05. The molecule has 0 unspecified atom stereocenters. The molecule has 1 aromatic carbocycles. The van der Waals surface area contributed by atoms with Crippen LogP contribution >= 0.6 is 0 Å². The zero-order valence-electron chi connectivity index (χ0n) is 9.28. The van der Waals surface area contributed by atoms with Gasteiger partial charge in [0.15, 0.2) is 0 Å². The maximum Gasteiger partial charge on any atom is 0.339 e. The number of carbonyl (C=O) groups excluding carboxylic acids is 2. The van der Waals surface area contributed by atoms with E-state index in [1.165, 1.54) is 6.07 Å². The molecule has 0 amide bonds. The molecule has 4 heteroatoms. The van der Waals surface area contributed by atoms with E-state index in [9.17, 15) is 9.59 Å². The molecule has 85 valence electrons. The lowest BCUT2D eigenvalue weighted by atomic mass is 10.1. The highest BCUT2D eigenvalue weighted by Crippen LogP contribution is 2.11. The quantitative estimate of drug-likeness (QED) is 0.728. The van der Waals surface area contributed by atoms with Crippen molar-refractivity contribution in [1.29, 1.82) is 0 Å². The minimum atomic E-state index is -0.564. The van der Waals surface area contributed by atoms with Gasteiger partial charge in [0.1, 0.15) is 0 Å². The third-order valence-corrected chi connectivity index (χ3v) is 1.83. The molecular weight excluding hydrogens is 208 g/mol. The molecule has 1 radical (unpaired) electrons. The van der Waals surface area contributed by atoms with Gasteiger partial charge in [-0.15, -0.1) is 0 Å². The van der Waals surface area contributed by atoms with Crippen LogP contribution in [-0.2, 0) is 9.47 Å². The second-order valence-electron chi connectivity index (χ2n) is 2.90. The summed E-state index contributed by atoms with van der Waals surface area (Å²) in [6, 6.07) is 7.37. The highest BCUT2D eigenvalue weighted by Gasteiger charge is 2.18. The molecule has 0 heterocycles. The van der Waals surface area contributed by atoms with E-state index in [4.69, 9.17) is 9.47 Å². The molecule has 0 bridgehead atoms. The van der Waals surface area contributed by atoms with Crippen LogP contribution in [0, 0.1) is 6.07 Å². The molecule has 0 aliphatic rings. The maximum atomic E-state index is 11.5. The van der Waals surface area contributed by atoms with Crippen LogP contribution in [0.1, 0.15) is 34.6 Å². The Balaban J connectivity index is 3.00. The van der Waals surface area contributed by atoms with E-state index in [0.29, 0.717) is 0 Å². The van der Waals surface area contributed by atoms with Crippen LogP contribution in [0.2, 0.25) is 0 Å². The first kappa shape index (κ1) is 12.2. The van der Waals surface area contributed by atoms with E-state index in [-0.39, 0.29) is 24.3 Å². The fourth-order valence-electron chi connectivity index (χ4n) is 1.19. The van der Waals surface area contributed by atoms with Gasteiger partial charge in [0.05, 0.1) is 24.3 Å². The Morgan fingerprint density at radius 1 is 1.19 bits per heavy atom. The Morgan fingerprint density at radius 2 is 1.81 bits per heavy atom. The maximum absolute atomic E-state index is 11.5. The first-order valence-corrected chi connectivity index (χ1v) is 5.05. The van der Waals surface area contributed by atoms with E-state index in [1.807, 2.05) is 0 Å². The normalized spacial score (nSPS) is 9.62. The molecule has 4 nitrogen and oxygen atoms in total. The largest absolute Gasteiger partial charge is 0.462 e. The van der Waals surface area contributed by atoms with Crippen molar-refractivity contribution in [2.75, 3.05) is 13.2 Å². The molecule has 0 saturated carbocycles. The third kappa shape index (κ3) is 2.82. The summed E-state index contributed by atoms with van der Waals surface area (Å²) in [5.41, 5.74) is 0.297. The predicted molar refractivity (Wildman–Crippen MR) is 57.2 cm³/mol. The van der Waals surface area contributed by atoms with Crippen molar-refractivity contribution in [3.63, 3.8) is 0 Å². The monoisotopic (exact) mass is 221 g/mol. The molecule has 0 aliphatic heterocycles. The van der Waals surface area contributed by atoms with Gasteiger partial charge in [-0.3, -0.25) is 0 Å². The molecule has 0 N–H and O–H groups in total. The minimum absolute atomic E-state index is 0.114. The predicted octanol–water partition coefficient (Wildman–Crippen LogP) is 1.84. The molecule has 0 fully saturated rings. The second-order valence-corrected chi connectivity index (χ2v) is 2.90. The van der Waals surface area contributed by atoms with E-state index in [0.717, 1.165) is 0 Å². The van der Waals surface area contributed by atoms with Gasteiger partial charge in [0, 0.05) is 0 Å². The highest BCUT2D eigenvalue weighted by molar-refractivity contribution is 6.02. The van der Waals surface area contributed by atoms with Crippen LogP contribution in [0.4, 0.5) is 0 Å². The summed E-state index contributed by atoms with van der Waals surface area (Å²) in [6.07, 6.45) is 0. The van der Waals surface area contributed by atoms with Gasteiger partial charge in [0.2, 0.25) is 0 Å². The molecule has 1 rings (SSSR count). The van der Waals surface area contributed by atoms with Crippen molar-refractivity contribution in [2.24, 2.45) is 0 Å². The Labute approximate surface area is 94.2 Å². The summed E-state index contributed by atoms with van der Waals surface area (Å²) in [5.74, 6) is -1.10. The number of rotatable bonds is 4. The molecule has 1 aromatic rings. The van der Waals surface area contributed by atoms with Crippen LogP contribution in [0.5, 0.6) is 0 Å². The summed E-state index contributed by atoms with van der Waals surface area (Å²) in [4.78, 5) is 23.0. The molecule has 0 saturated heterocycles. The Hall–Kier alpha value is -1.84. The number of esters is 2. The SMILES string of the molecule is CCOC(=O)c1[c]cccc1C(=O)OCC. The lowest BCUT2D eigenvalue weighted by molar-refractivity contribution is 0.0478. The summed E-state index contributed by atoms with van der Waals surface area (Å²) in [5, 5.41) is 0. The van der Waals surface area contributed by atoms with Gasteiger partial charge in [0.25, 0.3) is 0 Å². The van der Waals surface area contributed by atoms with E-state index in [2.05, 4.69) is 6.07 Å². The van der Waals surface area contributed by atoms with Crippen molar-refractivity contribution < 1.29 is 19.1 Å². The number of carbonyl (C=O) groups is 2. The smallest absolute Gasteiger partial charge is 0.339 e. The van der Waals surface area contributed by atoms with Crippen LogP contribution in [-0.4, -0.2) is 25.2 Å². The average Bonchev–Trinajstić information content (AvgIpc) is 2.30. The van der Waals surface area contributed by atoms with Gasteiger partial charge in [-0.25, -0.2) is 9.59 Å². The molecule has 0 atom stereocenters. The lowest BCUT2D eigenvalue weighted by Gasteiger charge is -2.07. The minimum Gasteiger partial charge on any atom is -0.462 e. The molecule has 16 heavy (non-hydrogen) atoms. The number of benzene rings is 1. The first-order chi connectivity index (χ1) is 7.70. The van der Waals surface area contributed by atoms with Crippen LogP contribution in [0.25, 0.3) is 0 Å². The lowest BCUT2D eigenvalue weighted by Crippen LogP contribution is -2.14. The third-order valence-electron chi connectivity index (χ3n) is 1.83. The van der Waals surface area contributed by atoms with Crippen molar-refractivity contribution in [3.05, 3.63) is 35.4 Å². The van der Waals surface area contributed by atoms with Gasteiger partial charge in [-0.05, 0) is 26.0 Å². The van der Waals surface area contributed by atoms with Gasteiger partial charge >= 0.3 is 11.9 Å². The fourth-order valence-corrected chi connectivity index (χ4v) is 1.19. The summed E-state index contributed by atoms with van der Waals surface area (Å²) >= 11 is 0.